The van der Waals surface area contributed by atoms with Crippen LogP contribution in [0.5, 0.6) is 5.75 Å². The van der Waals surface area contributed by atoms with Crippen LogP contribution in [0.2, 0.25) is 0 Å². The molecule has 13 heteroatoms. The van der Waals surface area contributed by atoms with Crippen molar-refractivity contribution in [3.8, 4) is 5.75 Å². The molecule has 0 radical (unpaired) electrons. The van der Waals surface area contributed by atoms with E-state index in [1.807, 2.05) is 6.92 Å². The molecule has 1 aromatic carbocycles. The topological polar surface area (TPSA) is 147 Å². The molecule has 1 aliphatic rings. The van der Waals surface area contributed by atoms with Crippen molar-refractivity contribution in [1.82, 2.24) is 14.6 Å². The van der Waals surface area contributed by atoms with Gasteiger partial charge in [0.05, 0.1) is 13.2 Å². The first-order valence-corrected chi connectivity index (χ1v) is 12.8. The number of rotatable bonds is 12. The molecule has 0 amide bonds. The number of unbranched alkanes of at least 4 members (excludes halogenated alkanes) is 1. The maximum Gasteiger partial charge on any atom is 0.459 e. The van der Waals surface area contributed by atoms with E-state index in [-0.39, 0.29) is 25.6 Å². The van der Waals surface area contributed by atoms with Crippen molar-refractivity contribution in [2.45, 2.75) is 52.2 Å². The molecular weight excluding hydrogens is 481 g/mol. The number of benzene rings is 1. The third kappa shape index (κ3) is 7.61. The second-order valence-corrected chi connectivity index (χ2v) is 9.60. The first kappa shape index (κ1) is 26.8. The van der Waals surface area contributed by atoms with Gasteiger partial charge in [0.2, 0.25) is 0 Å². The third-order valence-electron chi connectivity index (χ3n) is 4.99. The average Bonchev–Trinajstić information content (AvgIpc) is 3.29. The summed E-state index contributed by atoms with van der Waals surface area (Å²) in [5.74, 6) is -0.337. The van der Waals surface area contributed by atoms with Gasteiger partial charge in [0, 0.05) is 11.8 Å². The number of aromatic amines is 1. The maximum atomic E-state index is 13.5. The van der Waals surface area contributed by atoms with Gasteiger partial charge in [-0.2, -0.15) is 5.09 Å². The molecule has 2 aromatic rings. The summed E-state index contributed by atoms with van der Waals surface area (Å²) in [5.41, 5.74) is -0.805. The lowest BCUT2D eigenvalue weighted by molar-refractivity contribution is -0.145. The van der Waals surface area contributed by atoms with Crippen LogP contribution in [0.1, 0.15) is 38.5 Å². The highest BCUT2D eigenvalue weighted by Crippen LogP contribution is 2.45. The number of aromatic nitrogens is 2. The monoisotopic (exact) mass is 511 g/mol. The number of hydrogen-bond donors (Lipinski definition) is 2. The van der Waals surface area contributed by atoms with Gasteiger partial charge in [0.25, 0.3) is 5.56 Å². The molecule has 12 nitrogen and oxygen atoms in total. The summed E-state index contributed by atoms with van der Waals surface area (Å²) in [6.45, 7) is 4.93. The zero-order chi connectivity index (χ0) is 25.4. The van der Waals surface area contributed by atoms with E-state index in [4.69, 9.17) is 23.3 Å². The van der Waals surface area contributed by atoms with Crippen molar-refractivity contribution in [3.63, 3.8) is 0 Å². The van der Waals surface area contributed by atoms with Crippen molar-refractivity contribution in [2.75, 3.05) is 19.8 Å². The standard InChI is InChI=1S/C22H30N3O9P/c1-4-5-11-30-21(27)16(3)24-35(29,34-17-9-7-6-8-10-17)32-14-19-31-13-18(33-19)25-12-15(2)20(26)23-22(25)28/h6-10,12,16,18-19H,4-5,11,13-14H2,1-3H3,(H,24,29)(H,23,26,28)/t16-,18-,19+,35?/m0/s1. The first-order chi connectivity index (χ1) is 16.7. The molecule has 3 rings (SSSR count). The molecule has 1 aromatic heterocycles. The van der Waals surface area contributed by atoms with Gasteiger partial charge in [0.1, 0.15) is 18.4 Å². The average molecular weight is 511 g/mol. The number of nitrogens with one attached hydrogen (secondary N) is 2. The largest absolute Gasteiger partial charge is 0.465 e. The lowest BCUT2D eigenvalue weighted by Gasteiger charge is -2.23. The third-order valence-corrected chi connectivity index (χ3v) is 6.63. The first-order valence-electron chi connectivity index (χ1n) is 11.2. The molecule has 1 unspecified atom stereocenters. The molecule has 192 valence electrons. The Balaban J connectivity index is 1.66. The van der Waals surface area contributed by atoms with Crippen molar-refractivity contribution in [3.05, 3.63) is 62.9 Å². The van der Waals surface area contributed by atoms with E-state index in [2.05, 4.69) is 10.1 Å². The minimum atomic E-state index is -4.09. The minimum Gasteiger partial charge on any atom is -0.465 e. The van der Waals surface area contributed by atoms with Crippen LogP contribution in [0, 0.1) is 6.92 Å². The predicted octanol–water partition coefficient (Wildman–Crippen LogP) is 2.24. The molecule has 1 aliphatic heterocycles. The second kappa shape index (κ2) is 12.3. The zero-order valence-electron chi connectivity index (χ0n) is 19.8. The van der Waals surface area contributed by atoms with Gasteiger partial charge in [-0.25, -0.2) is 9.36 Å². The fraction of sp³-hybridized carbons (Fsp3) is 0.500. The van der Waals surface area contributed by atoms with Crippen LogP contribution in [0.15, 0.2) is 46.1 Å². The van der Waals surface area contributed by atoms with Crippen molar-refractivity contribution < 1.29 is 32.6 Å². The summed E-state index contributed by atoms with van der Waals surface area (Å²) in [6, 6.07) is 7.35. The van der Waals surface area contributed by atoms with E-state index in [1.54, 1.807) is 37.3 Å². The van der Waals surface area contributed by atoms with Crippen LogP contribution >= 0.6 is 7.75 Å². The molecule has 4 atom stereocenters. The normalized spacial score (nSPS) is 20.2. The van der Waals surface area contributed by atoms with Crippen LogP contribution in [-0.2, 0) is 28.1 Å². The highest BCUT2D eigenvalue weighted by atomic mass is 31.2. The van der Waals surface area contributed by atoms with E-state index < -0.39 is 43.5 Å². The van der Waals surface area contributed by atoms with Crippen LogP contribution in [0.25, 0.3) is 0 Å². The fourth-order valence-electron chi connectivity index (χ4n) is 3.08. The number of carbonyl (C=O) groups is 1. The zero-order valence-corrected chi connectivity index (χ0v) is 20.7. The molecule has 1 saturated heterocycles. The van der Waals surface area contributed by atoms with Gasteiger partial charge in [0.15, 0.2) is 12.5 Å². The Morgan fingerprint density at radius 3 is 2.77 bits per heavy atom. The highest BCUT2D eigenvalue weighted by Gasteiger charge is 2.36. The lowest BCUT2D eigenvalue weighted by atomic mass is 10.3. The van der Waals surface area contributed by atoms with Crippen molar-refractivity contribution >= 4 is 13.7 Å². The van der Waals surface area contributed by atoms with Crippen molar-refractivity contribution in [1.29, 1.82) is 0 Å². The molecular formula is C22H30N3O9P. The summed E-state index contributed by atoms with van der Waals surface area (Å²) in [6.07, 6.45) is 1.14. The predicted molar refractivity (Wildman–Crippen MR) is 125 cm³/mol. The molecule has 35 heavy (non-hydrogen) atoms. The SMILES string of the molecule is CCCCOC(=O)[C@H](C)NP(=O)(OC[C@@H]1OC[C@@H](n2cc(C)c(=O)[nH]c2=O)O1)Oc1ccccc1. The van der Waals surface area contributed by atoms with E-state index in [1.165, 1.54) is 17.7 Å². The molecule has 2 N–H and O–H groups in total. The molecule has 0 bridgehead atoms. The highest BCUT2D eigenvalue weighted by molar-refractivity contribution is 7.52. The van der Waals surface area contributed by atoms with E-state index in [0.29, 0.717) is 12.0 Å². The van der Waals surface area contributed by atoms with Gasteiger partial charge < -0.3 is 18.7 Å². The Kier molecular flexibility index (Phi) is 9.41. The molecule has 0 saturated carbocycles. The Morgan fingerprint density at radius 1 is 1.31 bits per heavy atom. The number of esters is 1. The number of nitrogens with zero attached hydrogens (tertiary/aromatic N) is 1. The Labute approximate surface area is 202 Å². The van der Waals surface area contributed by atoms with Crippen LogP contribution in [0.4, 0.5) is 0 Å². The smallest absolute Gasteiger partial charge is 0.459 e. The van der Waals surface area contributed by atoms with Gasteiger partial charge >= 0.3 is 19.4 Å². The Bertz CT molecular complexity index is 1150. The second-order valence-electron chi connectivity index (χ2n) is 7.90. The molecule has 0 aliphatic carbocycles. The van der Waals surface area contributed by atoms with E-state index in [0.717, 1.165) is 6.42 Å². The van der Waals surface area contributed by atoms with E-state index in [9.17, 15) is 18.9 Å². The molecule has 2 heterocycles. The van der Waals surface area contributed by atoms with Crippen LogP contribution < -0.4 is 20.9 Å². The Morgan fingerprint density at radius 2 is 2.06 bits per heavy atom. The number of carbonyl (C=O) groups excluding carboxylic acids is 1. The van der Waals surface area contributed by atoms with E-state index >= 15 is 0 Å². The molecule has 0 spiro atoms. The van der Waals surface area contributed by atoms with Gasteiger partial charge in [-0.15, -0.1) is 0 Å². The van der Waals surface area contributed by atoms with Gasteiger partial charge in [-0.3, -0.25) is 23.7 Å². The Hall–Kier alpha value is -2.76. The van der Waals surface area contributed by atoms with Gasteiger partial charge in [-0.05, 0) is 32.4 Å². The van der Waals surface area contributed by atoms with Crippen LogP contribution in [-0.4, -0.2) is 47.7 Å². The number of H-pyrrole nitrogens is 1. The lowest BCUT2D eigenvalue weighted by Crippen LogP contribution is -2.36. The fourth-order valence-corrected chi connectivity index (χ4v) is 4.55. The van der Waals surface area contributed by atoms with Gasteiger partial charge in [-0.1, -0.05) is 31.5 Å². The summed E-state index contributed by atoms with van der Waals surface area (Å²) in [5, 5.41) is 2.59. The molecule has 1 fully saturated rings. The summed E-state index contributed by atoms with van der Waals surface area (Å²) in [4.78, 5) is 38.2. The number of hydrogen-bond acceptors (Lipinski definition) is 9. The number of aryl methyl sites for hydroxylation is 1. The van der Waals surface area contributed by atoms with Crippen molar-refractivity contribution in [2.24, 2.45) is 0 Å². The number of ether oxygens (including phenoxy) is 3. The summed E-state index contributed by atoms with van der Waals surface area (Å²) >= 11 is 0. The maximum absolute atomic E-state index is 13.5. The summed E-state index contributed by atoms with van der Waals surface area (Å²) < 4.78 is 42.2. The van der Waals surface area contributed by atoms with Crippen LogP contribution in [0.3, 0.4) is 0 Å². The quantitative estimate of drug-likeness (QED) is 0.247. The number of para-hydroxylation sites is 1. The summed E-state index contributed by atoms with van der Waals surface area (Å²) in [7, 11) is -4.09. The minimum absolute atomic E-state index is 0.00313.